The zero-order valence-corrected chi connectivity index (χ0v) is 21.3. The van der Waals surface area contributed by atoms with Crippen LogP contribution < -0.4 is 4.74 Å². The van der Waals surface area contributed by atoms with E-state index in [9.17, 15) is 23.5 Å². The average molecular weight is 540 g/mol. The normalized spacial score (nSPS) is 10.8. The van der Waals surface area contributed by atoms with Gasteiger partial charge in [-0.25, -0.2) is 8.78 Å². The Bertz CT molecular complexity index is 1460. The monoisotopic (exact) mass is 539 g/mol. The highest BCUT2D eigenvalue weighted by atomic mass is 32.2. The molecular formula is C27H23F2N3O5S. The highest BCUT2D eigenvalue weighted by Gasteiger charge is 2.21. The van der Waals surface area contributed by atoms with Crippen LogP contribution in [0.1, 0.15) is 27.7 Å². The van der Waals surface area contributed by atoms with E-state index in [4.69, 9.17) is 9.15 Å². The van der Waals surface area contributed by atoms with Crippen LogP contribution in [0.15, 0.2) is 70.0 Å². The lowest BCUT2D eigenvalue weighted by molar-refractivity contribution is -0.137. The molecule has 0 bridgehead atoms. The lowest BCUT2D eigenvalue weighted by atomic mass is 10.1. The van der Waals surface area contributed by atoms with E-state index in [2.05, 4.69) is 10.2 Å². The van der Waals surface area contributed by atoms with Crippen LogP contribution >= 0.6 is 11.8 Å². The number of carboxylic acid groups (broad SMARTS) is 1. The summed E-state index contributed by atoms with van der Waals surface area (Å²) in [4.78, 5) is 26.1. The first kappa shape index (κ1) is 26.8. The summed E-state index contributed by atoms with van der Waals surface area (Å²) in [5, 5.41) is 16.8. The molecule has 11 heteroatoms. The molecule has 0 unspecified atom stereocenters. The molecule has 0 saturated heterocycles. The van der Waals surface area contributed by atoms with E-state index in [-0.39, 0.29) is 24.6 Å². The first-order valence-corrected chi connectivity index (χ1v) is 12.6. The van der Waals surface area contributed by atoms with Crippen LogP contribution in [0, 0.1) is 18.6 Å². The molecule has 4 aromatic rings. The predicted molar refractivity (Wildman–Crippen MR) is 136 cm³/mol. The Kier molecular flexibility index (Phi) is 8.37. The number of ether oxygens (including phenoxy) is 1. The van der Waals surface area contributed by atoms with E-state index in [1.165, 1.54) is 23.9 Å². The number of rotatable bonds is 10. The number of amides is 1. The highest BCUT2D eigenvalue weighted by Crippen LogP contribution is 2.33. The summed E-state index contributed by atoms with van der Waals surface area (Å²) < 4.78 is 38.5. The topological polar surface area (TPSA) is 106 Å². The fourth-order valence-corrected chi connectivity index (χ4v) is 4.34. The molecule has 38 heavy (non-hydrogen) atoms. The highest BCUT2D eigenvalue weighted by molar-refractivity contribution is 7.98. The minimum atomic E-state index is -1.18. The molecule has 0 spiro atoms. The number of aromatic nitrogens is 2. The number of aliphatic carboxylic acids is 1. The molecule has 3 aromatic carbocycles. The maximum absolute atomic E-state index is 13.8. The predicted octanol–water partition coefficient (Wildman–Crippen LogP) is 5.35. The van der Waals surface area contributed by atoms with Crippen molar-refractivity contribution in [2.45, 2.75) is 25.0 Å². The summed E-state index contributed by atoms with van der Waals surface area (Å²) in [5.41, 5.74) is 2.26. The van der Waals surface area contributed by atoms with Gasteiger partial charge >= 0.3 is 5.97 Å². The van der Waals surface area contributed by atoms with Gasteiger partial charge in [0.1, 0.15) is 18.9 Å². The lowest BCUT2D eigenvalue weighted by Crippen LogP contribution is -2.35. The summed E-state index contributed by atoms with van der Waals surface area (Å²) in [6.07, 6.45) is 1.79. The van der Waals surface area contributed by atoms with Gasteiger partial charge < -0.3 is 19.2 Å². The van der Waals surface area contributed by atoms with Crippen LogP contribution in [0.5, 0.6) is 5.75 Å². The van der Waals surface area contributed by atoms with Gasteiger partial charge in [-0.05, 0) is 59.3 Å². The molecule has 8 nitrogen and oxygen atoms in total. The molecule has 1 aromatic heterocycles. The van der Waals surface area contributed by atoms with Crippen LogP contribution in [-0.4, -0.2) is 44.9 Å². The minimum absolute atomic E-state index is 0.132. The van der Waals surface area contributed by atoms with Crippen LogP contribution in [-0.2, 0) is 17.9 Å². The van der Waals surface area contributed by atoms with E-state index in [1.807, 2.05) is 0 Å². The van der Waals surface area contributed by atoms with Gasteiger partial charge in [0, 0.05) is 17.4 Å². The Balaban J connectivity index is 1.45. The van der Waals surface area contributed by atoms with Gasteiger partial charge in [-0.3, -0.25) is 9.59 Å². The van der Waals surface area contributed by atoms with Crippen LogP contribution in [0.3, 0.4) is 0 Å². The van der Waals surface area contributed by atoms with E-state index in [0.717, 1.165) is 4.90 Å². The quantitative estimate of drug-likeness (QED) is 0.269. The van der Waals surface area contributed by atoms with Gasteiger partial charge in [-0.15, -0.1) is 22.0 Å². The Morgan fingerprint density at radius 2 is 1.79 bits per heavy atom. The van der Waals surface area contributed by atoms with Gasteiger partial charge in [0.15, 0.2) is 11.6 Å². The Labute approximate surface area is 221 Å². The number of nitrogens with zero attached hydrogens (tertiary/aromatic N) is 3. The van der Waals surface area contributed by atoms with Crippen LogP contribution in [0.2, 0.25) is 0 Å². The first-order chi connectivity index (χ1) is 18.2. The second-order valence-electron chi connectivity index (χ2n) is 8.25. The van der Waals surface area contributed by atoms with E-state index >= 15 is 0 Å². The molecule has 1 amide bonds. The van der Waals surface area contributed by atoms with Crippen molar-refractivity contribution in [3.8, 4) is 16.9 Å². The molecule has 196 valence electrons. The SMILES string of the molecule is CSc1cc(F)c(F)cc1-c1ccc(OCc2cccc(C(=O)N(CC(=O)O)Cc3nnc(C)o3)c2)cc1. The molecule has 1 N–H and O–H groups in total. The second kappa shape index (κ2) is 11.9. The van der Waals surface area contributed by atoms with Crippen molar-refractivity contribution in [2.75, 3.05) is 12.8 Å². The minimum Gasteiger partial charge on any atom is -0.489 e. The number of hydrogen-bond acceptors (Lipinski definition) is 7. The van der Waals surface area contributed by atoms with Crippen LogP contribution in [0.4, 0.5) is 8.78 Å². The summed E-state index contributed by atoms with van der Waals surface area (Å²) >= 11 is 1.32. The third-order valence-corrected chi connectivity index (χ3v) is 6.27. The van der Waals surface area contributed by atoms with Crippen molar-refractivity contribution in [2.24, 2.45) is 0 Å². The molecule has 0 aliphatic rings. The lowest BCUT2D eigenvalue weighted by Gasteiger charge is -2.19. The van der Waals surface area contributed by atoms with Crippen molar-refractivity contribution in [3.63, 3.8) is 0 Å². The summed E-state index contributed by atoms with van der Waals surface area (Å²) in [7, 11) is 0. The molecule has 0 saturated carbocycles. The molecule has 0 fully saturated rings. The third-order valence-electron chi connectivity index (χ3n) is 5.49. The number of benzene rings is 3. The zero-order valence-electron chi connectivity index (χ0n) is 20.5. The van der Waals surface area contributed by atoms with Crippen LogP contribution in [0.25, 0.3) is 11.1 Å². The van der Waals surface area contributed by atoms with E-state index < -0.39 is 30.1 Å². The maximum atomic E-state index is 13.8. The molecule has 1 heterocycles. The van der Waals surface area contributed by atoms with Crippen molar-refractivity contribution in [3.05, 3.63) is 95.2 Å². The maximum Gasteiger partial charge on any atom is 0.323 e. The van der Waals surface area contributed by atoms with Gasteiger partial charge in [-0.2, -0.15) is 0 Å². The van der Waals surface area contributed by atoms with Crippen molar-refractivity contribution >= 4 is 23.6 Å². The number of thioether (sulfide) groups is 1. The smallest absolute Gasteiger partial charge is 0.323 e. The van der Waals surface area contributed by atoms with E-state index in [1.54, 1.807) is 61.7 Å². The average Bonchev–Trinajstić information content (AvgIpc) is 3.32. The first-order valence-electron chi connectivity index (χ1n) is 11.4. The third kappa shape index (κ3) is 6.54. The Hall–Kier alpha value is -4.25. The van der Waals surface area contributed by atoms with Gasteiger partial charge in [0.05, 0.1) is 6.54 Å². The fraction of sp³-hybridized carbons (Fsp3) is 0.185. The zero-order chi connectivity index (χ0) is 27.2. The van der Waals surface area contributed by atoms with Gasteiger partial charge in [0.25, 0.3) is 5.91 Å². The molecule has 4 rings (SSSR count). The number of aryl methyl sites for hydroxylation is 1. The summed E-state index contributed by atoms with van der Waals surface area (Å²) in [5.74, 6) is -2.51. The van der Waals surface area contributed by atoms with E-state index in [0.29, 0.717) is 33.2 Å². The number of carboxylic acids is 1. The van der Waals surface area contributed by atoms with Crippen molar-refractivity contribution in [1.82, 2.24) is 15.1 Å². The Morgan fingerprint density at radius 1 is 1.05 bits per heavy atom. The number of carbonyl (C=O) groups excluding carboxylic acids is 1. The second-order valence-corrected chi connectivity index (χ2v) is 9.10. The van der Waals surface area contributed by atoms with Gasteiger partial charge in [-0.1, -0.05) is 24.3 Å². The molecule has 0 atom stereocenters. The largest absolute Gasteiger partial charge is 0.489 e. The summed E-state index contributed by atoms with van der Waals surface area (Å²) in [6.45, 7) is 1.06. The number of halogens is 2. The number of hydrogen-bond donors (Lipinski definition) is 1. The van der Waals surface area contributed by atoms with Crippen molar-refractivity contribution in [1.29, 1.82) is 0 Å². The molecule has 0 aliphatic carbocycles. The standard InChI is InChI=1S/C27H23F2N3O5S/c1-16-30-31-25(37-16)13-32(14-26(33)34)27(35)19-5-3-4-17(10-19)15-36-20-8-6-18(7-9-20)21-11-22(28)23(29)12-24(21)38-2/h3-12H,13-15H2,1-2H3,(H,33,34). The van der Waals surface area contributed by atoms with Crippen molar-refractivity contribution < 1.29 is 32.6 Å². The van der Waals surface area contributed by atoms with Gasteiger partial charge in [0.2, 0.25) is 11.8 Å². The molecular weight excluding hydrogens is 516 g/mol. The summed E-state index contributed by atoms with van der Waals surface area (Å²) in [6, 6.07) is 16.0. The number of carbonyl (C=O) groups is 2. The molecule has 0 aliphatic heterocycles. The Morgan fingerprint density at radius 3 is 2.45 bits per heavy atom. The molecule has 0 radical (unpaired) electrons. The fourth-order valence-electron chi connectivity index (χ4n) is 3.72.